The van der Waals surface area contributed by atoms with Gasteiger partial charge in [-0.05, 0) is 44.6 Å². The van der Waals surface area contributed by atoms with E-state index in [2.05, 4.69) is 5.32 Å². The summed E-state index contributed by atoms with van der Waals surface area (Å²) in [5.41, 5.74) is 0.400. The van der Waals surface area contributed by atoms with Crippen molar-refractivity contribution in [1.29, 1.82) is 0 Å². The normalized spacial score (nSPS) is 29.6. The summed E-state index contributed by atoms with van der Waals surface area (Å²) in [6, 6.07) is 0. The second kappa shape index (κ2) is 3.89. The molecule has 0 radical (unpaired) electrons. The molecule has 1 heterocycles. The summed E-state index contributed by atoms with van der Waals surface area (Å²) in [5, 5.41) is 3.60. The highest BCUT2D eigenvalue weighted by molar-refractivity contribution is 5.69. The second-order valence-corrected chi connectivity index (χ2v) is 4.70. The average molecular weight is 197 g/mol. The zero-order valence-electron chi connectivity index (χ0n) is 8.84. The van der Waals surface area contributed by atoms with E-state index in [0.29, 0.717) is 17.9 Å². The van der Waals surface area contributed by atoms with Gasteiger partial charge < -0.3 is 10.1 Å². The Hall–Kier alpha value is -0.570. The molecule has 0 aromatic carbocycles. The zero-order chi connectivity index (χ0) is 10.0. The number of hydrogen-bond donors (Lipinski definition) is 1. The van der Waals surface area contributed by atoms with Crippen LogP contribution in [0.1, 0.15) is 38.5 Å². The molecule has 1 N–H and O–H groups in total. The number of carbonyl (C=O) groups excluding carboxylic acids is 1. The molecule has 2 rings (SSSR count). The van der Waals surface area contributed by atoms with E-state index in [9.17, 15) is 4.79 Å². The zero-order valence-corrected chi connectivity index (χ0v) is 8.84. The van der Waals surface area contributed by atoms with Crippen molar-refractivity contribution >= 4 is 5.97 Å². The van der Waals surface area contributed by atoms with Crippen LogP contribution in [-0.2, 0) is 9.53 Å². The van der Waals surface area contributed by atoms with Crippen molar-refractivity contribution in [3.05, 3.63) is 0 Å². The molecule has 1 spiro atoms. The van der Waals surface area contributed by atoms with E-state index in [1.807, 2.05) is 0 Å². The standard InChI is InChI=1S/C11H19NO2/c1-14-10(13)7-9-3-6-12-11(8-9)4-2-5-11/h9,12H,2-8H2,1H3. The molecule has 0 aromatic rings. The number of carbonyl (C=O) groups is 1. The van der Waals surface area contributed by atoms with Crippen LogP contribution in [0, 0.1) is 5.92 Å². The molecule has 14 heavy (non-hydrogen) atoms. The van der Waals surface area contributed by atoms with Gasteiger partial charge in [0, 0.05) is 12.0 Å². The minimum atomic E-state index is -0.0497. The molecule has 1 saturated carbocycles. The smallest absolute Gasteiger partial charge is 0.305 e. The first-order chi connectivity index (χ1) is 6.74. The SMILES string of the molecule is COC(=O)CC1CCNC2(CCC2)C1. The lowest BCUT2D eigenvalue weighted by molar-refractivity contribution is -0.142. The number of hydrogen-bond acceptors (Lipinski definition) is 3. The van der Waals surface area contributed by atoms with Crippen molar-refractivity contribution in [2.75, 3.05) is 13.7 Å². The molecule has 1 atom stereocenters. The molecule has 1 saturated heterocycles. The van der Waals surface area contributed by atoms with Gasteiger partial charge in [-0.3, -0.25) is 4.79 Å². The van der Waals surface area contributed by atoms with E-state index in [1.54, 1.807) is 0 Å². The van der Waals surface area contributed by atoms with Crippen molar-refractivity contribution in [3.8, 4) is 0 Å². The van der Waals surface area contributed by atoms with E-state index in [4.69, 9.17) is 4.74 Å². The summed E-state index contributed by atoms with van der Waals surface area (Å²) in [5.74, 6) is 0.496. The molecule has 1 aliphatic heterocycles. The quantitative estimate of drug-likeness (QED) is 0.681. The second-order valence-electron chi connectivity index (χ2n) is 4.70. The molecule has 3 heteroatoms. The van der Waals surface area contributed by atoms with Crippen LogP contribution in [0.4, 0.5) is 0 Å². The van der Waals surface area contributed by atoms with Crippen molar-refractivity contribution in [1.82, 2.24) is 5.32 Å². The molecule has 0 bridgehead atoms. The molecular formula is C11H19NO2. The van der Waals surface area contributed by atoms with Crippen molar-refractivity contribution in [2.45, 2.75) is 44.1 Å². The van der Waals surface area contributed by atoms with Crippen molar-refractivity contribution in [3.63, 3.8) is 0 Å². The fraction of sp³-hybridized carbons (Fsp3) is 0.909. The highest BCUT2D eigenvalue weighted by Crippen LogP contribution is 2.41. The summed E-state index contributed by atoms with van der Waals surface area (Å²) < 4.78 is 4.71. The lowest BCUT2D eigenvalue weighted by atomic mass is 9.68. The van der Waals surface area contributed by atoms with Crippen LogP contribution >= 0.6 is 0 Å². The van der Waals surface area contributed by atoms with Crippen LogP contribution in [0.3, 0.4) is 0 Å². The monoisotopic (exact) mass is 197 g/mol. The van der Waals surface area contributed by atoms with Crippen molar-refractivity contribution in [2.24, 2.45) is 5.92 Å². The van der Waals surface area contributed by atoms with Crippen LogP contribution in [0.25, 0.3) is 0 Å². The first-order valence-electron chi connectivity index (χ1n) is 5.56. The molecule has 1 aliphatic carbocycles. The summed E-state index contributed by atoms with van der Waals surface area (Å²) >= 11 is 0. The lowest BCUT2D eigenvalue weighted by Gasteiger charge is -2.48. The minimum Gasteiger partial charge on any atom is -0.469 e. The van der Waals surface area contributed by atoms with Gasteiger partial charge >= 0.3 is 5.97 Å². The number of rotatable bonds is 2. The Kier molecular flexibility index (Phi) is 2.77. The van der Waals surface area contributed by atoms with Gasteiger partial charge in [0.15, 0.2) is 0 Å². The molecule has 2 aliphatic rings. The van der Waals surface area contributed by atoms with Gasteiger partial charge in [0.1, 0.15) is 0 Å². The van der Waals surface area contributed by atoms with Gasteiger partial charge in [-0.1, -0.05) is 0 Å². The molecule has 2 fully saturated rings. The third-order valence-corrected chi connectivity index (χ3v) is 3.73. The van der Waals surface area contributed by atoms with E-state index in [-0.39, 0.29) is 5.97 Å². The number of methoxy groups -OCH3 is 1. The van der Waals surface area contributed by atoms with E-state index >= 15 is 0 Å². The predicted octanol–water partition coefficient (Wildman–Crippen LogP) is 1.47. The maximum atomic E-state index is 11.2. The van der Waals surface area contributed by atoms with Crippen LogP contribution in [-0.4, -0.2) is 25.2 Å². The van der Waals surface area contributed by atoms with E-state index in [1.165, 1.54) is 32.8 Å². The Labute approximate surface area is 85.2 Å². The maximum Gasteiger partial charge on any atom is 0.305 e. The first-order valence-corrected chi connectivity index (χ1v) is 5.56. The van der Waals surface area contributed by atoms with Gasteiger partial charge in [-0.15, -0.1) is 0 Å². The average Bonchev–Trinajstić information content (AvgIpc) is 2.16. The maximum absolute atomic E-state index is 11.2. The van der Waals surface area contributed by atoms with Crippen LogP contribution in [0.15, 0.2) is 0 Å². The molecule has 0 aromatic heterocycles. The topological polar surface area (TPSA) is 38.3 Å². The Balaban J connectivity index is 1.84. The Morgan fingerprint density at radius 3 is 2.93 bits per heavy atom. The third kappa shape index (κ3) is 1.92. The van der Waals surface area contributed by atoms with Crippen molar-refractivity contribution < 1.29 is 9.53 Å². The van der Waals surface area contributed by atoms with E-state index in [0.717, 1.165) is 13.0 Å². The number of esters is 1. The van der Waals surface area contributed by atoms with Gasteiger partial charge in [0.25, 0.3) is 0 Å². The van der Waals surface area contributed by atoms with Gasteiger partial charge in [0.05, 0.1) is 7.11 Å². The highest BCUT2D eigenvalue weighted by Gasteiger charge is 2.41. The van der Waals surface area contributed by atoms with Crippen LogP contribution in [0.5, 0.6) is 0 Å². The Bertz CT molecular complexity index is 223. The molecule has 3 nitrogen and oxygen atoms in total. The molecule has 0 amide bonds. The summed E-state index contributed by atoms with van der Waals surface area (Å²) in [6.07, 6.45) is 6.84. The lowest BCUT2D eigenvalue weighted by Crippen LogP contribution is -2.55. The summed E-state index contributed by atoms with van der Waals surface area (Å²) in [6.45, 7) is 1.07. The Morgan fingerprint density at radius 2 is 2.36 bits per heavy atom. The minimum absolute atomic E-state index is 0.0497. The van der Waals surface area contributed by atoms with Crippen LogP contribution < -0.4 is 5.32 Å². The Morgan fingerprint density at radius 1 is 1.57 bits per heavy atom. The largest absolute Gasteiger partial charge is 0.469 e. The van der Waals surface area contributed by atoms with Gasteiger partial charge in [-0.2, -0.15) is 0 Å². The van der Waals surface area contributed by atoms with Gasteiger partial charge in [0.2, 0.25) is 0 Å². The molecule has 1 unspecified atom stereocenters. The van der Waals surface area contributed by atoms with E-state index < -0.39 is 0 Å². The number of ether oxygens (including phenoxy) is 1. The first kappa shape index (κ1) is 9.97. The summed E-state index contributed by atoms with van der Waals surface area (Å²) in [7, 11) is 1.47. The van der Waals surface area contributed by atoms with Crippen LogP contribution in [0.2, 0.25) is 0 Å². The fourth-order valence-electron chi connectivity index (χ4n) is 2.75. The fourth-order valence-corrected chi connectivity index (χ4v) is 2.75. The molecular weight excluding hydrogens is 178 g/mol. The van der Waals surface area contributed by atoms with Gasteiger partial charge in [-0.25, -0.2) is 0 Å². The predicted molar refractivity (Wildman–Crippen MR) is 53.9 cm³/mol. The third-order valence-electron chi connectivity index (χ3n) is 3.73. The summed E-state index contributed by atoms with van der Waals surface area (Å²) in [4.78, 5) is 11.2. The number of nitrogens with one attached hydrogen (secondary N) is 1. The highest BCUT2D eigenvalue weighted by atomic mass is 16.5. The number of piperidine rings is 1. The molecule has 80 valence electrons.